The van der Waals surface area contributed by atoms with Gasteiger partial charge in [0.2, 0.25) is 0 Å². The molecule has 2 aromatic heterocycles. The molecule has 0 amide bonds. The Labute approximate surface area is 114 Å². The molecule has 2 heterocycles. The maximum Gasteiger partial charge on any atom is 0.269 e. The van der Waals surface area contributed by atoms with Crippen LogP contribution in [-0.4, -0.2) is 14.5 Å². The van der Waals surface area contributed by atoms with Gasteiger partial charge in [0.15, 0.2) is 0 Å². The Hall–Kier alpha value is -2.73. The van der Waals surface area contributed by atoms with Crippen molar-refractivity contribution in [1.82, 2.24) is 14.5 Å². The van der Waals surface area contributed by atoms with Crippen molar-refractivity contribution in [2.24, 2.45) is 5.84 Å². The first-order valence-electron chi connectivity index (χ1n) is 6.14. The molecule has 0 atom stereocenters. The van der Waals surface area contributed by atoms with E-state index in [0.29, 0.717) is 12.4 Å². The molecule has 3 rings (SSSR count). The van der Waals surface area contributed by atoms with Gasteiger partial charge in [0.25, 0.3) is 5.56 Å². The molecule has 0 unspecified atom stereocenters. The van der Waals surface area contributed by atoms with Gasteiger partial charge in [0.1, 0.15) is 5.82 Å². The summed E-state index contributed by atoms with van der Waals surface area (Å²) in [7, 11) is 0. The van der Waals surface area contributed by atoms with Gasteiger partial charge in [-0.25, -0.2) is 15.8 Å². The predicted octanol–water partition coefficient (Wildman–Crippen LogP) is 1.13. The maximum atomic E-state index is 12.0. The summed E-state index contributed by atoms with van der Waals surface area (Å²) in [5.74, 6) is 5.91. The second-order valence-corrected chi connectivity index (χ2v) is 4.36. The molecule has 0 fully saturated rings. The SMILES string of the molecule is NNc1cc(Cn2c(=O)cnc3ccccc32)ccn1. The van der Waals surface area contributed by atoms with Crippen LogP contribution >= 0.6 is 0 Å². The molecule has 0 aliphatic heterocycles. The lowest BCUT2D eigenvalue weighted by molar-refractivity contribution is 0.785. The van der Waals surface area contributed by atoms with Gasteiger partial charge in [-0.3, -0.25) is 4.79 Å². The van der Waals surface area contributed by atoms with Crippen LogP contribution in [0, 0.1) is 0 Å². The van der Waals surface area contributed by atoms with E-state index in [1.54, 1.807) is 10.8 Å². The number of nitrogens with one attached hydrogen (secondary N) is 1. The highest BCUT2D eigenvalue weighted by molar-refractivity contribution is 5.74. The fraction of sp³-hybridized carbons (Fsp3) is 0.0714. The third-order valence-electron chi connectivity index (χ3n) is 3.07. The minimum Gasteiger partial charge on any atom is -0.308 e. The van der Waals surface area contributed by atoms with Crippen molar-refractivity contribution in [3.63, 3.8) is 0 Å². The molecule has 3 aromatic rings. The van der Waals surface area contributed by atoms with E-state index in [9.17, 15) is 4.79 Å². The third-order valence-corrected chi connectivity index (χ3v) is 3.07. The quantitative estimate of drug-likeness (QED) is 0.548. The van der Waals surface area contributed by atoms with Crippen molar-refractivity contribution >= 4 is 16.9 Å². The van der Waals surface area contributed by atoms with Gasteiger partial charge in [-0.1, -0.05) is 12.1 Å². The highest BCUT2D eigenvalue weighted by Gasteiger charge is 2.05. The topological polar surface area (TPSA) is 85.8 Å². The van der Waals surface area contributed by atoms with Crippen LogP contribution in [0.5, 0.6) is 0 Å². The molecule has 100 valence electrons. The summed E-state index contributed by atoms with van der Waals surface area (Å²) in [4.78, 5) is 20.2. The van der Waals surface area contributed by atoms with E-state index < -0.39 is 0 Å². The normalized spacial score (nSPS) is 10.7. The maximum absolute atomic E-state index is 12.0. The second-order valence-electron chi connectivity index (χ2n) is 4.36. The number of rotatable bonds is 3. The number of nitrogens with zero attached hydrogens (tertiary/aromatic N) is 3. The molecule has 3 N–H and O–H groups in total. The summed E-state index contributed by atoms with van der Waals surface area (Å²) in [6.45, 7) is 0.444. The number of fused-ring (bicyclic) bond motifs is 1. The second kappa shape index (κ2) is 5.10. The number of hydrazine groups is 1. The number of nitrogens with two attached hydrogens (primary N) is 1. The molecular weight excluding hydrogens is 254 g/mol. The molecule has 0 spiro atoms. The summed E-state index contributed by atoms with van der Waals surface area (Å²) in [5, 5.41) is 0. The van der Waals surface area contributed by atoms with Gasteiger partial charge in [0.05, 0.1) is 23.8 Å². The first-order valence-corrected chi connectivity index (χ1v) is 6.14. The van der Waals surface area contributed by atoms with Crippen molar-refractivity contribution in [3.8, 4) is 0 Å². The van der Waals surface area contributed by atoms with Crippen LogP contribution in [0.3, 0.4) is 0 Å². The van der Waals surface area contributed by atoms with E-state index in [-0.39, 0.29) is 5.56 Å². The Morgan fingerprint density at radius 3 is 2.90 bits per heavy atom. The first kappa shape index (κ1) is 12.3. The molecule has 0 radical (unpaired) electrons. The van der Waals surface area contributed by atoms with Crippen LogP contribution in [0.25, 0.3) is 11.0 Å². The Morgan fingerprint density at radius 1 is 1.20 bits per heavy atom. The number of pyridine rings is 1. The number of hydrogen-bond donors (Lipinski definition) is 2. The molecule has 1 aromatic carbocycles. The zero-order valence-electron chi connectivity index (χ0n) is 10.7. The predicted molar refractivity (Wildman–Crippen MR) is 77.2 cm³/mol. The number of hydrogen-bond acceptors (Lipinski definition) is 5. The Kier molecular flexibility index (Phi) is 3.14. The molecule has 0 saturated heterocycles. The van der Waals surface area contributed by atoms with Crippen LogP contribution in [-0.2, 0) is 6.54 Å². The van der Waals surface area contributed by atoms with Gasteiger partial charge >= 0.3 is 0 Å². The summed E-state index contributed by atoms with van der Waals surface area (Å²) >= 11 is 0. The highest BCUT2D eigenvalue weighted by Crippen LogP contribution is 2.12. The summed E-state index contributed by atoms with van der Waals surface area (Å²) in [6, 6.07) is 11.2. The number of anilines is 1. The van der Waals surface area contributed by atoms with Crippen LogP contribution in [0.1, 0.15) is 5.56 Å². The Morgan fingerprint density at radius 2 is 2.05 bits per heavy atom. The number of benzene rings is 1. The molecule has 6 heteroatoms. The van der Waals surface area contributed by atoms with Crippen molar-refractivity contribution in [2.75, 3.05) is 5.43 Å². The minimum atomic E-state index is -0.136. The number of nitrogen functional groups attached to an aromatic ring is 1. The molecule has 0 aliphatic rings. The van der Waals surface area contributed by atoms with Crippen LogP contribution in [0.4, 0.5) is 5.82 Å². The van der Waals surface area contributed by atoms with Crippen molar-refractivity contribution in [2.45, 2.75) is 6.54 Å². The van der Waals surface area contributed by atoms with Gasteiger partial charge < -0.3 is 9.99 Å². The molecule has 0 saturated carbocycles. The lowest BCUT2D eigenvalue weighted by Crippen LogP contribution is -2.21. The lowest BCUT2D eigenvalue weighted by atomic mass is 10.2. The van der Waals surface area contributed by atoms with E-state index in [0.717, 1.165) is 16.6 Å². The number of para-hydroxylation sites is 2. The fourth-order valence-electron chi connectivity index (χ4n) is 2.11. The first-order chi connectivity index (χ1) is 9.78. The van der Waals surface area contributed by atoms with E-state index in [1.807, 2.05) is 36.4 Å². The highest BCUT2D eigenvalue weighted by atomic mass is 16.1. The Bertz CT molecular complexity index is 812. The van der Waals surface area contributed by atoms with E-state index in [4.69, 9.17) is 5.84 Å². The zero-order chi connectivity index (χ0) is 13.9. The number of aromatic nitrogens is 3. The van der Waals surface area contributed by atoms with Crippen LogP contribution < -0.4 is 16.8 Å². The van der Waals surface area contributed by atoms with Crippen molar-refractivity contribution in [3.05, 3.63) is 64.7 Å². The van der Waals surface area contributed by atoms with E-state index in [1.165, 1.54) is 6.20 Å². The van der Waals surface area contributed by atoms with E-state index >= 15 is 0 Å². The molecule has 0 aliphatic carbocycles. The molecule has 0 bridgehead atoms. The summed E-state index contributed by atoms with van der Waals surface area (Å²) in [5.41, 5.74) is 4.89. The van der Waals surface area contributed by atoms with Gasteiger partial charge in [0, 0.05) is 6.20 Å². The van der Waals surface area contributed by atoms with Gasteiger partial charge in [-0.2, -0.15) is 0 Å². The zero-order valence-corrected chi connectivity index (χ0v) is 10.7. The van der Waals surface area contributed by atoms with Crippen molar-refractivity contribution < 1.29 is 0 Å². The van der Waals surface area contributed by atoms with Crippen molar-refractivity contribution in [1.29, 1.82) is 0 Å². The van der Waals surface area contributed by atoms with E-state index in [2.05, 4.69) is 15.4 Å². The molecular formula is C14H13N5O. The van der Waals surface area contributed by atoms with Gasteiger partial charge in [-0.05, 0) is 29.8 Å². The lowest BCUT2D eigenvalue weighted by Gasteiger charge is -2.10. The van der Waals surface area contributed by atoms with Crippen LogP contribution in [0.2, 0.25) is 0 Å². The molecule has 6 nitrogen and oxygen atoms in total. The summed E-state index contributed by atoms with van der Waals surface area (Å²) < 4.78 is 1.68. The average molecular weight is 267 g/mol. The largest absolute Gasteiger partial charge is 0.308 e. The Balaban J connectivity index is 2.10. The summed E-state index contributed by atoms with van der Waals surface area (Å²) in [6.07, 6.45) is 2.99. The fourth-order valence-corrected chi connectivity index (χ4v) is 2.11. The van der Waals surface area contributed by atoms with Crippen LogP contribution in [0.15, 0.2) is 53.6 Å². The van der Waals surface area contributed by atoms with Gasteiger partial charge in [-0.15, -0.1) is 0 Å². The smallest absolute Gasteiger partial charge is 0.269 e. The molecule has 20 heavy (non-hydrogen) atoms. The minimum absolute atomic E-state index is 0.136. The third kappa shape index (κ3) is 2.24. The standard InChI is InChI=1S/C14H13N5O/c15-18-13-7-10(5-6-16-13)9-19-12-4-2-1-3-11(12)17-8-14(19)20/h1-8H,9,15H2,(H,16,18). The monoisotopic (exact) mass is 267 g/mol. The average Bonchev–Trinajstić information content (AvgIpc) is 2.50.